The van der Waals surface area contributed by atoms with Gasteiger partial charge in [-0.25, -0.2) is 4.79 Å². The molecule has 1 rings (SSSR count). The number of carboxylic acid groups (broad SMARTS) is 1. The number of hydrogen-bond donors (Lipinski definition) is 3. The molecule has 0 aliphatic rings. The quantitative estimate of drug-likeness (QED) is 0.570. The molecule has 8 heteroatoms. The molecule has 0 saturated carbocycles. The Morgan fingerprint density at radius 2 is 1.81 bits per heavy atom. The molecular weight excluding hydrogens is 340 g/mol. The number of carbonyl (C=O) groups is 3. The molecule has 1 amide bonds. The molecule has 1 aromatic carbocycles. The van der Waals surface area contributed by atoms with E-state index in [0.29, 0.717) is 0 Å². The molecule has 1 unspecified atom stereocenters. The molecule has 3 N–H and O–H groups in total. The number of ether oxygens (including phenoxy) is 2. The van der Waals surface area contributed by atoms with Crippen molar-refractivity contribution in [1.82, 2.24) is 10.6 Å². The first-order valence-corrected chi connectivity index (χ1v) is 8.30. The fraction of sp³-hybridized carbons (Fsp3) is 0.500. The van der Waals surface area contributed by atoms with E-state index in [1.807, 2.05) is 30.3 Å². The monoisotopic (exact) mass is 366 g/mol. The third kappa shape index (κ3) is 9.63. The van der Waals surface area contributed by atoms with Crippen LogP contribution in [0.5, 0.6) is 0 Å². The molecule has 0 radical (unpaired) electrons. The third-order valence-electron chi connectivity index (χ3n) is 3.13. The van der Waals surface area contributed by atoms with Crippen LogP contribution in [-0.4, -0.2) is 47.9 Å². The van der Waals surface area contributed by atoms with E-state index < -0.39 is 29.7 Å². The Morgan fingerprint density at radius 1 is 1.15 bits per heavy atom. The molecule has 0 aromatic heterocycles. The average Bonchev–Trinajstić information content (AvgIpc) is 2.55. The first kappa shape index (κ1) is 21.4. The highest BCUT2D eigenvalue weighted by molar-refractivity contribution is 5.76. The zero-order valence-corrected chi connectivity index (χ0v) is 15.3. The van der Waals surface area contributed by atoms with Gasteiger partial charge in [-0.15, -0.1) is 0 Å². The lowest BCUT2D eigenvalue weighted by molar-refractivity contribution is -0.144. The first-order chi connectivity index (χ1) is 12.2. The van der Waals surface area contributed by atoms with E-state index in [9.17, 15) is 19.5 Å². The average molecular weight is 366 g/mol. The van der Waals surface area contributed by atoms with Crippen LogP contribution in [-0.2, 0) is 25.7 Å². The number of esters is 1. The van der Waals surface area contributed by atoms with E-state index in [0.717, 1.165) is 5.56 Å². The zero-order valence-electron chi connectivity index (χ0n) is 15.3. The van der Waals surface area contributed by atoms with Gasteiger partial charge in [0, 0.05) is 6.54 Å². The van der Waals surface area contributed by atoms with Crippen molar-refractivity contribution in [1.29, 1.82) is 0 Å². The van der Waals surface area contributed by atoms with Crippen LogP contribution in [0.3, 0.4) is 0 Å². The minimum absolute atomic E-state index is 0.0952. The Kier molecular flexibility index (Phi) is 8.57. The van der Waals surface area contributed by atoms with E-state index in [1.54, 1.807) is 20.8 Å². The second kappa shape index (κ2) is 10.4. The number of rotatable bonds is 9. The van der Waals surface area contributed by atoms with Gasteiger partial charge in [-0.1, -0.05) is 30.3 Å². The van der Waals surface area contributed by atoms with Crippen LogP contribution < -0.4 is 10.6 Å². The van der Waals surface area contributed by atoms with Crippen molar-refractivity contribution in [3.8, 4) is 0 Å². The lowest BCUT2D eigenvalue weighted by Gasteiger charge is -2.20. The maximum atomic E-state index is 11.7. The van der Waals surface area contributed by atoms with Gasteiger partial charge < -0.3 is 19.9 Å². The predicted octanol–water partition coefficient (Wildman–Crippen LogP) is 1.69. The van der Waals surface area contributed by atoms with E-state index >= 15 is 0 Å². The van der Waals surface area contributed by atoms with Gasteiger partial charge in [-0.2, -0.15) is 0 Å². The van der Waals surface area contributed by atoms with E-state index in [-0.39, 0.29) is 26.1 Å². The molecule has 0 saturated heterocycles. The van der Waals surface area contributed by atoms with E-state index in [1.165, 1.54) is 0 Å². The lowest BCUT2D eigenvalue weighted by atomic mass is 10.2. The normalized spacial score (nSPS) is 12.1. The third-order valence-corrected chi connectivity index (χ3v) is 3.13. The zero-order chi connectivity index (χ0) is 19.6. The Balaban J connectivity index is 2.30. The number of aliphatic carboxylic acids is 1. The molecule has 144 valence electrons. The first-order valence-electron chi connectivity index (χ1n) is 8.30. The van der Waals surface area contributed by atoms with Gasteiger partial charge in [-0.05, 0) is 32.8 Å². The fourth-order valence-corrected chi connectivity index (χ4v) is 1.94. The van der Waals surface area contributed by atoms with Gasteiger partial charge in [0.1, 0.15) is 18.2 Å². The van der Waals surface area contributed by atoms with Crippen LogP contribution in [0, 0.1) is 0 Å². The second-order valence-corrected chi connectivity index (χ2v) is 6.64. The molecule has 0 aliphatic carbocycles. The second-order valence-electron chi connectivity index (χ2n) is 6.64. The maximum Gasteiger partial charge on any atom is 0.407 e. The standard InChI is InChI=1S/C18H26N2O6/c1-18(2,3)26-17(24)19-10-9-14(16(22)23)20-11-15(21)25-12-13-7-5-4-6-8-13/h4-8,14,20H,9-12H2,1-3H3,(H,19,24)(H,22,23). The summed E-state index contributed by atoms with van der Waals surface area (Å²) in [5.41, 5.74) is 0.217. The number of nitrogens with one attached hydrogen (secondary N) is 2. The van der Waals surface area contributed by atoms with Gasteiger partial charge in [-0.3, -0.25) is 14.9 Å². The summed E-state index contributed by atoms with van der Waals surface area (Å²) in [5.74, 6) is -1.67. The molecular formula is C18H26N2O6. The highest BCUT2D eigenvalue weighted by Crippen LogP contribution is 2.06. The van der Waals surface area contributed by atoms with E-state index in [4.69, 9.17) is 9.47 Å². The highest BCUT2D eigenvalue weighted by atomic mass is 16.6. The van der Waals surface area contributed by atoms with Crippen LogP contribution in [0.1, 0.15) is 32.8 Å². The lowest BCUT2D eigenvalue weighted by Crippen LogP contribution is -2.43. The van der Waals surface area contributed by atoms with Crippen LogP contribution in [0.15, 0.2) is 30.3 Å². The summed E-state index contributed by atoms with van der Waals surface area (Å²) < 4.78 is 10.1. The molecule has 1 atom stereocenters. The van der Waals surface area contributed by atoms with Crippen molar-refractivity contribution < 1.29 is 29.0 Å². The van der Waals surface area contributed by atoms with Crippen molar-refractivity contribution in [2.75, 3.05) is 13.1 Å². The van der Waals surface area contributed by atoms with Crippen LogP contribution in [0.4, 0.5) is 4.79 Å². The van der Waals surface area contributed by atoms with Crippen molar-refractivity contribution in [2.24, 2.45) is 0 Å². The van der Waals surface area contributed by atoms with Crippen LogP contribution in [0.25, 0.3) is 0 Å². The molecule has 26 heavy (non-hydrogen) atoms. The Morgan fingerprint density at radius 3 is 2.38 bits per heavy atom. The number of carbonyl (C=O) groups excluding carboxylic acids is 2. The number of amides is 1. The van der Waals surface area contributed by atoms with Crippen molar-refractivity contribution in [2.45, 2.75) is 45.4 Å². The SMILES string of the molecule is CC(C)(C)OC(=O)NCCC(NCC(=O)OCc1ccccc1)C(=O)O. The predicted molar refractivity (Wildman–Crippen MR) is 94.5 cm³/mol. The Labute approximate surface area is 152 Å². The topological polar surface area (TPSA) is 114 Å². The van der Waals surface area contributed by atoms with Crippen molar-refractivity contribution in [3.05, 3.63) is 35.9 Å². The molecule has 0 fully saturated rings. The number of alkyl carbamates (subject to hydrolysis) is 1. The largest absolute Gasteiger partial charge is 0.480 e. The molecule has 8 nitrogen and oxygen atoms in total. The smallest absolute Gasteiger partial charge is 0.407 e. The Bertz CT molecular complexity index is 597. The summed E-state index contributed by atoms with van der Waals surface area (Å²) in [5, 5.41) is 14.3. The molecule has 0 heterocycles. The minimum atomic E-state index is -1.12. The van der Waals surface area contributed by atoms with Gasteiger partial charge in [0.2, 0.25) is 0 Å². The highest BCUT2D eigenvalue weighted by Gasteiger charge is 2.20. The van der Waals surface area contributed by atoms with Gasteiger partial charge >= 0.3 is 18.0 Å². The molecule has 0 spiro atoms. The summed E-state index contributed by atoms with van der Waals surface area (Å²) >= 11 is 0. The number of hydrogen-bond acceptors (Lipinski definition) is 6. The van der Waals surface area contributed by atoms with Gasteiger partial charge in [0.15, 0.2) is 0 Å². The summed E-state index contributed by atoms with van der Waals surface area (Å²) in [7, 11) is 0. The summed E-state index contributed by atoms with van der Waals surface area (Å²) in [6, 6.07) is 8.18. The summed E-state index contributed by atoms with van der Waals surface area (Å²) in [6.07, 6.45) is -0.524. The van der Waals surface area contributed by atoms with E-state index in [2.05, 4.69) is 10.6 Å². The molecule has 0 aliphatic heterocycles. The van der Waals surface area contributed by atoms with Crippen LogP contribution >= 0.6 is 0 Å². The summed E-state index contributed by atoms with van der Waals surface area (Å²) in [6.45, 7) is 5.17. The number of carboxylic acids is 1. The number of benzene rings is 1. The molecule has 0 bridgehead atoms. The molecule has 1 aromatic rings. The minimum Gasteiger partial charge on any atom is -0.480 e. The van der Waals surface area contributed by atoms with Gasteiger partial charge in [0.25, 0.3) is 0 Å². The van der Waals surface area contributed by atoms with Crippen molar-refractivity contribution >= 4 is 18.0 Å². The maximum absolute atomic E-state index is 11.7. The van der Waals surface area contributed by atoms with Crippen molar-refractivity contribution in [3.63, 3.8) is 0 Å². The van der Waals surface area contributed by atoms with Gasteiger partial charge in [0.05, 0.1) is 6.54 Å². The van der Waals surface area contributed by atoms with Crippen LogP contribution in [0.2, 0.25) is 0 Å². The summed E-state index contributed by atoms with van der Waals surface area (Å²) in [4.78, 5) is 34.5. The Hall–Kier alpha value is -2.61. The fourth-order valence-electron chi connectivity index (χ4n) is 1.94.